The molecule has 38 heavy (non-hydrogen) atoms. The van der Waals surface area contributed by atoms with Crippen molar-refractivity contribution in [3.8, 4) is 0 Å². The standard InChI is InChI=1S/C28H35N3O7/c1-17(2)26-19(4)9-10-24(34)29-11-5-7-18(3)13-20(32)14-21(33)15-25-30-22(16-37-25)27(35)31-12-6-8-23(31)28(36)38-26/h5,7-10,13,16-17,19-20,26,32H,6,11-12,14-15H2,1-4H3,(H,29,34)/t19?,20-,26?/m1/s1. The van der Waals surface area contributed by atoms with Crippen LogP contribution in [0.1, 0.15) is 56.9 Å². The summed E-state index contributed by atoms with van der Waals surface area (Å²) in [6.45, 7) is 8.00. The first-order valence-corrected chi connectivity index (χ1v) is 12.7. The molecule has 3 heterocycles. The summed E-state index contributed by atoms with van der Waals surface area (Å²) in [4.78, 5) is 56.3. The van der Waals surface area contributed by atoms with E-state index in [1.54, 1.807) is 37.3 Å². The Bertz CT molecular complexity index is 1170. The number of carbonyl (C=O) groups is 4. The van der Waals surface area contributed by atoms with Gasteiger partial charge in [0.1, 0.15) is 23.8 Å². The fraction of sp³-hybridized carbons (Fsp3) is 0.464. The Kier molecular flexibility index (Phi) is 9.95. The molecule has 2 aliphatic rings. The number of nitrogens with zero attached hydrogens (tertiary/aromatic N) is 2. The lowest BCUT2D eigenvalue weighted by atomic mass is 9.94. The number of aliphatic hydroxyl groups is 1. The Balaban J connectivity index is 1.86. The van der Waals surface area contributed by atoms with Gasteiger partial charge in [-0.25, -0.2) is 9.78 Å². The maximum Gasteiger partial charge on any atom is 0.355 e. The first-order valence-electron chi connectivity index (χ1n) is 12.7. The summed E-state index contributed by atoms with van der Waals surface area (Å²) in [5.74, 6) is -2.07. The molecule has 2 amide bonds. The fourth-order valence-corrected chi connectivity index (χ4v) is 4.33. The highest BCUT2D eigenvalue weighted by atomic mass is 16.5. The van der Waals surface area contributed by atoms with Gasteiger partial charge in [-0.3, -0.25) is 14.4 Å². The molecule has 0 saturated heterocycles. The minimum atomic E-state index is -1.01. The maximum absolute atomic E-state index is 13.1. The van der Waals surface area contributed by atoms with E-state index < -0.39 is 24.1 Å². The molecule has 0 aliphatic carbocycles. The van der Waals surface area contributed by atoms with Crippen LogP contribution in [-0.2, 0) is 25.5 Å². The van der Waals surface area contributed by atoms with Crippen molar-refractivity contribution in [2.45, 2.75) is 59.2 Å². The van der Waals surface area contributed by atoms with E-state index in [0.29, 0.717) is 6.42 Å². The third kappa shape index (κ3) is 7.85. The van der Waals surface area contributed by atoms with Crippen molar-refractivity contribution < 1.29 is 33.4 Å². The molecule has 204 valence electrons. The summed E-state index contributed by atoms with van der Waals surface area (Å²) in [7, 11) is 0. The number of aromatic nitrogens is 1. The molecule has 2 aliphatic heterocycles. The molecule has 0 radical (unpaired) electrons. The van der Waals surface area contributed by atoms with Gasteiger partial charge in [0, 0.05) is 25.4 Å². The van der Waals surface area contributed by atoms with Gasteiger partial charge in [0.25, 0.3) is 5.91 Å². The average molecular weight is 526 g/mol. The van der Waals surface area contributed by atoms with Crippen LogP contribution in [0.4, 0.5) is 0 Å². The number of esters is 1. The number of aliphatic hydroxyl groups excluding tert-OH is 1. The maximum atomic E-state index is 13.1. The molecule has 2 N–H and O–H groups in total. The number of hydrogen-bond acceptors (Lipinski definition) is 8. The Hall–Kier alpha value is -3.79. The third-order valence-corrected chi connectivity index (χ3v) is 6.19. The Labute approximate surface area is 222 Å². The lowest BCUT2D eigenvalue weighted by molar-refractivity contribution is -0.149. The highest BCUT2D eigenvalue weighted by Gasteiger charge is 2.33. The number of carbonyl (C=O) groups excluding carboxylic acids is 4. The zero-order valence-electron chi connectivity index (χ0n) is 22.2. The second-order valence-corrected chi connectivity index (χ2v) is 9.84. The number of hydrogen-bond donors (Lipinski definition) is 2. The van der Waals surface area contributed by atoms with Gasteiger partial charge in [-0.15, -0.1) is 0 Å². The molecule has 1 aromatic rings. The number of amides is 2. The van der Waals surface area contributed by atoms with Gasteiger partial charge in [-0.1, -0.05) is 56.7 Å². The van der Waals surface area contributed by atoms with E-state index in [1.807, 2.05) is 20.8 Å². The van der Waals surface area contributed by atoms with Crippen LogP contribution in [0.15, 0.2) is 58.4 Å². The molecule has 0 fully saturated rings. The minimum Gasteiger partial charge on any atom is -0.457 e. The number of Topliss-reactive ketones (excluding diaryl/α,β-unsaturated/α-hetero) is 1. The number of ketones is 1. The van der Waals surface area contributed by atoms with Crippen molar-refractivity contribution >= 4 is 23.6 Å². The molecular weight excluding hydrogens is 490 g/mol. The van der Waals surface area contributed by atoms with E-state index >= 15 is 0 Å². The second kappa shape index (κ2) is 13.1. The molecule has 3 atom stereocenters. The Morgan fingerprint density at radius 3 is 2.68 bits per heavy atom. The van der Waals surface area contributed by atoms with Gasteiger partial charge >= 0.3 is 5.97 Å². The zero-order valence-corrected chi connectivity index (χ0v) is 22.2. The summed E-state index contributed by atoms with van der Waals surface area (Å²) >= 11 is 0. The van der Waals surface area contributed by atoms with Gasteiger partial charge in [0.05, 0.1) is 12.5 Å². The quantitative estimate of drug-likeness (QED) is 0.534. The van der Waals surface area contributed by atoms with E-state index in [1.165, 1.54) is 11.0 Å². The number of rotatable bonds is 1. The van der Waals surface area contributed by atoms with Gasteiger partial charge in [-0.05, 0) is 25.3 Å². The number of allylic oxidation sites excluding steroid dienone is 2. The Morgan fingerprint density at radius 1 is 1.18 bits per heavy atom. The molecule has 10 heteroatoms. The van der Waals surface area contributed by atoms with Crippen molar-refractivity contribution in [2.75, 3.05) is 13.1 Å². The van der Waals surface area contributed by atoms with Crippen LogP contribution in [0.2, 0.25) is 0 Å². The summed E-state index contributed by atoms with van der Waals surface area (Å²) < 4.78 is 11.1. The average Bonchev–Trinajstić information content (AvgIpc) is 3.52. The lowest BCUT2D eigenvalue weighted by Gasteiger charge is -2.27. The first-order chi connectivity index (χ1) is 18.0. The predicted octanol–water partition coefficient (Wildman–Crippen LogP) is 2.66. The van der Waals surface area contributed by atoms with Crippen molar-refractivity contribution in [3.63, 3.8) is 0 Å². The van der Waals surface area contributed by atoms with E-state index in [0.717, 1.165) is 11.8 Å². The van der Waals surface area contributed by atoms with Crippen molar-refractivity contribution in [1.29, 1.82) is 0 Å². The van der Waals surface area contributed by atoms with E-state index in [2.05, 4.69) is 10.3 Å². The molecule has 2 unspecified atom stereocenters. The third-order valence-electron chi connectivity index (χ3n) is 6.19. The SMILES string of the molecule is CC1=C[C@@H](O)CC(=O)Cc2nc(co2)C(=O)N2CCC=C2C(=O)OC(C(C)C)C(C)C=CC(=O)NCC=C1. The van der Waals surface area contributed by atoms with Crippen LogP contribution in [0.25, 0.3) is 0 Å². The van der Waals surface area contributed by atoms with E-state index in [9.17, 15) is 24.3 Å². The summed E-state index contributed by atoms with van der Waals surface area (Å²) in [5.41, 5.74) is 0.809. The number of cyclic esters (lactones) is 1. The fourth-order valence-electron chi connectivity index (χ4n) is 4.33. The molecule has 10 nitrogen and oxygen atoms in total. The smallest absolute Gasteiger partial charge is 0.355 e. The minimum absolute atomic E-state index is 0.0315. The monoisotopic (exact) mass is 525 g/mol. The van der Waals surface area contributed by atoms with Gasteiger partial charge in [0.15, 0.2) is 5.69 Å². The Morgan fingerprint density at radius 2 is 1.95 bits per heavy atom. The molecule has 3 rings (SSSR count). The van der Waals surface area contributed by atoms with Gasteiger partial charge in [0.2, 0.25) is 11.8 Å². The highest BCUT2D eigenvalue weighted by molar-refractivity contribution is 6.00. The molecule has 0 spiro atoms. The van der Waals surface area contributed by atoms with Crippen LogP contribution in [0.5, 0.6) is 0 Å². The van der Waals surface area contributed by atoms with Crippen molar-refractivity contribution in [3.05, 3.63) is 65.6 Å². The molecule has 0 aromatic carbocycles. The van der Waals surface area contributed by atoms with Gasteiger partial charge < -0.3 is 24.5 Å². The lowest BCUT2D eigenvalue weighted by Crippen LogP contribution is -2.36. The summed E-state index contributed by atoms with van der Waals surface area (Å²) in [6, 6.07) is 0. The van der Waals surface area contributed by atoms with Crippen LogP contribution in [0.3, 0.4) is 0 Å². The molecule has 0 saturated carbocycles. The summed E-state index contributed by atoms with van der Waals surface area (Å²) in [6.07, 6.45) is 9.48. The number of nitrogens with one attached hydrogen (secondary N) is 1. The van der Waals surface area contributed by atoms with Crippen molar-refractivity contribution in [2.24, 2.45) is 11.8 Å². The van der Waals surface area contributed by atoms with E-state index in [-0.39, 0.29) is 66.7 Å². The molecular formula is C28H35N3O7. The van der Waals surface area contributed by atoms with Crippen LogP contribution < -0.4 is 5.32 Å². The second-order valence-electron chi connectivity index (χ2n) is 9.84. The van der Waals surface area contributed by atoms with E-state index in [4.69, 9.17) is 9.15 Å². The first kappa shape index (κ1) is 28.8. The summed E-state index contributed by atoms with van der Waals surface area (Å²) in [5, 5.41) is 13.0. The molecule has 1 aromatic heterocycles. The predicted molar refractivity (Wildman–Crippen MR) is 139 cm³/mol. The van der Waals surface area contributed by atoms with Crippen LogP contribution in [0, 0.1) is 11.8 Å². The largest absolute Gasteiger partial charge is 0.457 e. The van der Waals surface area contributed by atoms with Crippen molar-refractivity contribution in [1.82, 2.24) is 15.2 Å². The van der Waals surface area contributed by atoms with Crippen LogP contribution in [-0.4, -0.2) is 63.9 Å². The number of oxazole rings is 1. The number of fused-ring (bicyclic) bond motifs is 3. The topological polar surface area (TPSA) is 139 Å². The molecule has 2 bridgehead atoms. The number of ether oxygens (including phenoxy) is 1. The van der Waals surface area contributed by atoms with Gasteiger partial charge in [-0.2, -0.15) is 0 Å². The highest BCUT2D eigenvalue weighted by Crippen LogP contribution is 2.24. The zero-order chi connectivity index (χ0) is 27.8. The normalized spacial score (nSPS) is 24.6. The van der Waals surface area contributed by atoms with Crippen LogP contribution >= 0.6 is 0 Å².